The molecule has 11 heteroatoms. The molecule has 3 heterocycles. The molecular formula is C28H36ClN5O5. The summed E-state index contributed by atoms with van der Waals surface area (Å²) in [5.41, 5.74) is 8.88. The Kier molecular flexibility index (Phi) is 7.60. The lowest BCUT2D eigenvalue weighted by Crippen LogP contribution is -2.68. The summed E-state index contributed by atoms with van der Waals surface area (Å²) in [6.07, 6.45) is 1.07. The molecule has 2 saturated heterocycles. The van der Waals surface area contributed by atoms with Crippen molar-refractivity contribution in [2.45, 2.75) is 45.5 Å². The van der Waals surface area contributed by atoms with Crippen LogP contribution in [0.4, 0.5) is 5.82 Å². The van der Waals surface area contributed by atoms with Crippen molar-refractivity contribution in [3.63, 3.8) is 0 Å². The Morgan fingerprint density at radius 3 is 2.56 bits per heavy atom. The van der Waals surface area contributed by atoms with Gasteiger partial charge in [0.05, 0.1) is 29.5 Å². The predicted octanol–water partition coefficient (Wildman–Crippen LogP) is 2.69. The molecule has 0 bridgehead atoms. The molecule has 1 saturated carbocycles. The number of hydrogen-bond donors (Lipinski definition) is 3. The lowest BCUT2D eigenvalue weighted by Gasteiger charge is -2.62. The molecule has 1 aromatic carbocycles. The number of benzene rings is 1. The van der Waals surface area contributed by atoms with Crippen LogP contribution in [0.5, 0.6) is 5.75 Å². The first-order valence-corrected chi connectivity index (χ1v) is 13.6. The van der Waals surface area contributed by atoms with E-state index in [1.807, 2.05) is 6.92 Å². The number of carbonyl (C=O) groups is 1. The van der Waals surface area contributed by atoms with Gasteiger partial charge in [0.1, 0.15) is 24.3 Å². The Morgan fingerprint density at radius 1 is 1.26 bits per heavy atom. The number of halogens is 1. The number of hydrogen-bond acceptors (Lipinski definition) is 10. The van der Waals surface area contributed by atoms with E-state index < -0.39 is 11.9 Å². The van der Waals surface area contributed by atoms with E-state index in [0.717, 1.165) is 37.3 Å². The fourth-order valence-electron chi connectivity index (χ4n) is 5.99. The number of nitrogens with two attached hydrogens (primary N) is 1. The predicted molar refractivity (Wildman–Crippen MR) is 149 cm³/mol. The minimum atomic E-state index is -0.664. The highest BCUT2D eigenvalue weighted by atomic mass is 35.5. The average Bonchev–Trinajstić information content (AvgIpc) is 3.32. The number of carbonyl (C=O) groups excluding carboxylic acids is 1. The standard InChI is InChI=1S/C28H36ClN5O5/c1-16-24(23(17(2)30)18(3)35)32-25(21-9-20(5-6-22(21)29)37-11-19(36)10-31-4)33-26(16)34-14-27(15-34)12-28(13-27)38-7-8-39-28/h5-6,9,19,31,36H,7-8,10-15,30H2,1-4H3/t19-/m1/s1. The summed E-state index contributed by atoms with van der Waals surface area (Å²) in [4.78, 5) is 24.6. The number of aliphatic hydroxyl groups is 1. The SMILES string of the molecule is CNC[C@@H](O)COc1ccc(Cl)c(-c2nc(C(C(C)=O)=C(C)N)c(C)c(N3CC4(C3)CC3(C4)OCCO3)n2)c1. The zero-order valence-electron chi connectivity index (χ0n) is 22.8. The van der Waals surface area contributed by atoms with Crippen LogP contribution in [0.3, 0.4) is 0 Å². The number of anilines is 1. The van der Waals surface area contributed by atoms with Gasteiger partial charge >= 0.3 is 0 Å². The topological polar surface area (TPSA) is 132 Å². The van der Waals surface area contributed by atoms with Gasteiger partial charge in [-0.25, -0.2) is 9.97 Å². The molecule has 4 N–H and O–H groups in total. The van der Waals surface area contributed by atoms with Gasteiger partial charge in [-0.1, -0.05) is 11.6 Å². The van der Waals surface area contributed by atoms with E-state index in [-0.39, 0.29) is 17.8 Å². The van der Waals surface area contributed by atoms with Crippen molar-refractivity contribution in [1.82, 2.24) is 15.3 Å². The molecule has 1 aliphatic carbocycles. The quantitative estimate of drug-likeness (QED) is 0.395. The Morgan fingerprint density at radius 2 is 1.95 bits per heavy atom. The first-order chi connectivity index (χ1) is 18.6. The lowest BCUT2D eigenvalue weighted by atomic mass is 9.59. The summed E-state index contributed by atoms with van der Waals surface area (Å²) in [5, 5.41) is 13.4. The number of ether oxygens (including phenoxy) is 3. The van der Waals surface area contributed by atoms with Gasteiger partial charge in [0, 0.05) is 54.7 Å². The van der Waals surface area contributed by atoms with E-state index in [9.17, 15) is 9.90 Å². The molecule has 2 aliphatic heterocycles. The summed E-state index contributed by atoms with van der Waals surface area (Å²) >= 11 is 6.63. The number of nitrogens with zero attached hydrogens (tertiary/aromatic N) is 3. The van der Waals surface area contributed by atoms with E-state index in [1.54, 1.807) is 32.2 Å². The van der Waals surface area contributed by atoms with E-state index in [1.165, 1.54) is 6.92 Å². The van der Waals surface area contributed by atoms with Gasteiger partial charge in [-0.3, -0.25) is 4.79 Å². The van der Waals surface area contributed by atoms with Crippen LogP contribution < -0.4 is 20.7 Å². The van der Waals surface area contributed by atoms with Gasteiger partial charge in [-0.2, -0.15) is 0 Å². The van der Waals surface area contributed by atoms with Crippen LogP contribution in [-0.2, 0) is 14.3 Å². The van der Waals surface area contributed by atoms with E-state index in [4.69, 9.17) is 41.5 Å². The summed E-state index contributed by atoms with van der Waals surface area (Å²) in [6.45, 7) is 8.52. The zero-order valence-corrected chi connectivity index (χ0v) is 23.6. The van der Waals surface area contributed by atoms with Gasteiger partial charge < -0.3 is 35.3 Å². The van der Waals surface area contributed by atoms with E-state index in [0.29, 0.717) is 58.9 Å². The maximum atomic E-state index is 12.7. The number of rotatable bonds is 9. The first-order valence-electron chi connectivity index (χ1n) is 13.2. The van der Waals surface area contributed by atoms with E-state index in [2.05, 4.69) is 10.2 Å². The number of nitrogens with one attached hydrogen (secondary N) is 1. The van der Waals surface area contributed by atoms with Crippen LogP contribution >= 0.6 is 11.6 Å². The van der Waals surface area contributed by atoms with Crippen molar-refractivity contribution in [3.8, 4) is 17.1 Å². The highest BCUT2D eigenvalue weighted by molar-refractivity contribution is 6.33. The first kappa shape index (κ1) is 27.8. The van der Waals surface area contributed by atoms with Crippen LogP contribution in [0, 0.1) is 12.3 Å². The molecule has 5 rings (SSSR count). The van der Waals surface area contributed by atoms with E-state index >= 15 is 0 Å². The normalized spacial score (nSPS) is 20.4. The second-order valence-electron chi connectivity index (χ2n) is 10.9. The third kappa shape index (κ3) is 5.36. The van der Waals surface area contributed by atoms with Gasteiger partial charge in [0.25, 0.3) is 0 Å². The molecule has 3 aliphatic rings. The number of aliphatic hydroxyl groups excluding tert-OH is 1. The van der Waals surface area contributed by atoms with Crippen molar-refractivity contribution < 1.29 is 24.1 Å². The number of aromatic nitrogens is 2. The molecule has 2 spiro atoms. The highest BCUT2D eigenvalue weighted by Gasteiger charge is 2.63. The molecule has 39 heavy (non-hydrogen) atoms. The largest absolute Gasteiger partial charge is 0.491 e. The molecule has 2 aromatic rings. The monoisotopic (exact) mass is 557 g/mol. The summed E-state index contributed by atoms with van der Waals surface area (Å²) in [7, 11) is 1.76. The zero-order chi connectivity index (χ0) is 27.9. The van der Waals surface area contributed by atoms with Gasteiger partial charge in [0.15, 0.2) is 17.4 Å². The minimum absolute atomic E-state index is 0.113. The number of Topliss-reactive ketones (excluding diaryl/α,β-unsaturated/α-hetero) is 1. The Labute approximate surface area is 233 Å². The average molecular weight is 558 g/mol. The summed E-state index contributed by atoms with van der Waals surface area (Å²) in [6, 6.07) is 5.20. The Hall–Kier alpha value is -2.76. The van der Waals surface area contributed by atoms with Crippen LogP contribution in [0.1, 0.15) is 37.9 Å². The molecule has 0 radical (unpaired) electrons. The molecule has 3 fully saturated rings. The maximum absolute atomic E-state index is 12.7. The number of ketones is 1. The van der Waals surface area contributed by atoms with Crippen LogP contribution in [0.25, 0.3) is 17.0 Å². The van der Waals surface area contributed by atoms with Crippen LogP contribution in [-0.4, -0.2) is 79.3 Å². The number of allylic oxidation sites excluding steroid dienone is 2. The second-order valence-corrected chi connectivity index (χ2v) is 11.3. The maximum Gasteiger partial charge on any atom is 0.169 e. The molecule has 1 atom stereocenters. The second kappa shape index (κ2) is 10.7. The Bertz CT molecular complexity index is 1290. The van der Waals surface area contributed by atoms with Crippen LogP contribution in [0.2, 0.25) is 5.02 Å². The van der Waals surface area contributed by atoms with Crippen molar-refractivity contribution in [1.29, 1.82) is 0 Å². The highest BCUT2D eigenvalue weighted by Crippen LogP contribution is 2.58. The van der Waals surface area contributed by atoms with Crippen molar-refractivity contribution in [3.05, 3.63) is 40.2 Å². The Balaban J connectivity index is 1.49. The molecule has 1 aromatic heterocycles. The molecular weight excluding hydrogens is 522 g/mol. The fraction of sp³-hybridized carbons (Fsp3) is 0.536. The number of likely N-dealkylation sites (N-methyl/N-ethyl adjacent to an activating group) is 1. The fourth-order valence-corrected chi connectivity index (χ4v) is 6.19. The summed E-state index contributed by atoms with van der Waals surface area (Å²) in [5.74, 6) is 1.03. The van der Waals surface area contributed by atoms with Crippen molar-refractivity contribution in [2.75, 3.05) is 51.4 Å². The van der Waals surface area contributed by atoms with Crippen molar-refractivity contribution >= 4 is 28.8 Å². The molecule has 0 unspecified atom stereocenters. The third-order valence-electron chi connectivity index (χ3n) is 7.62. The van der Waals surface area contributed by atoms with Gasteiger partial charge in [-0.15, -0.1) is 0 Å². The minimum Gasteiger partial charge on any atom is -0.491 e. The molecule has 210 valence electrons. The molecule has 10 nitrogen and oxygen atoms in total. The molecule has 0 amide bonds. The van der Waals surface area contributed by atoms with Crippen molar-refractivity contribution in [2.24, 2.45) is 11.1 Å². The summed E-state index contributed by atoms with van der Waals surface area (Å²) < 4.78 is 17.5. The third-order valence-corrected chi connectivity index (χ3v) is 7.95. The lowest BCUT2D eigenvalue weighted by molar-refractivity contribution is -0.267. The van der Waals surface area contributed by atoms with Gasteiger partial charge in [0.2, 0.25) is 0 Å². The van der Waals surface area contributed by atoms with Crippen LogP contribution in [0.15, 0.2) is 23.9 Å². The van der Waals surface area contributed by atoms with Gasteiger partial charge in [-0.05, 0) is 46.0 Å². The smallest absolute Gasteiger partial charge is 0.169 e.